The smallest absolute Gasteiger partial charge is 0.0199 e. The zero-order valence-corrected chi connectivity index (χ0v) is 7.22. The van der Waals surface area contributed by atoms with Gasteiger partial charge in [0.15, 0.2) is 0 Å². The number of rotatable bonds is 4. The minimum atomic E-state index is 1.17. The van der Waals surface area contributed by atoms with Gasteiger partial charge in [0.1, 0.15) is 0 Å². The molecule has 0 N–H and O–H groups in total. The van der Waals surface area contributed by atoms with E-state index in [1.807, 2.05) is 0 Å². The molecule has 0 saturated heterocycles. The molecule has 0 saturated carbocycles. The zero-order chi connectivity index (χ0) is 7.82. The maximum absolute atomic E-state index is 2.20. The van der Waals surface area contributed by atoms with Gasteiger partial charge in [-0.15, -0.1) is 0 Å². The topological polar surface area (TPSA) is 0 Å². The molecule has 0 aromatic heterocycles. The molecule has 0 amide bonds. The molecule has 0 unspecified atom stereocenters. The van der Waals surface area contributed by atoms with Gasteiger partial charge in [-0.1, -0.05) is 30.7 Å². The van der Waals surface area contributed by atoms with Crippen molar-refractivity contribution in [2.45, 2.75) is 33.6 Å². The highest BCUT2D eigenvalue weighted by Crippen LogP contribution is 2.04. The summed E-state index contributed by atoms with van der Waals surface area (Å²) < 4.78 is 0. The lowest BCUT2D eigenvalue weighted by Crippen LogP contribution is -1.74. The molecule has 10 heavy (non-hydrogen) atoms. The average molecular weight is 137 g/mol. The Hall–Kier alpha value is -0.520. The van der Waals surface area contributed by atoms with Gasteiger partial charge < -0.3 is 0 Å². The molecule has 57 valence electrons. The monoisotopic (exact) mass is 137 g/mol. The van der Waals surface area contributed by atoms with Crippen molar-refractivity contribution in [3.63, 3.8) is 0 Å². The van der Waals surface area contributed by atoms with Crippen LogP contribution in [0.1, 0.15) is 33.6 Å². The summed E-state index contributed by atoms with van der Waals surface area (Å²) in [5, 5.41) is 0. The number of hydrogen-bond acceptors (Lipinski definition) is 0. The first kappa shape index (κ1) is 9.48. The molecule has 0 aliphatic carbocycles. The van der Waals surface area contributed by atoms with Gasteiger partial charge in [0, 0.05) is 0 Å². The summed E-state index contributed by atoms with van der Waals surface area (Å²) in [6.45, 7) is 6.29. The molecule has 0 spiro atoms. The molecule has 0 aromatic rings. The van der Waals surface area contributed by atoms with Crippen LogP contribution in [0.2, 0.25) is 0 Å². The van der Waals surface area contributed by atoms with E-state index < -0.39 is 0 Å². The maximum atomic E-state index is 2.20. The van der Waals surface area contributed by atoms with Crippen LogP contribution >= 0.6 is 0 Å². The second-order valence-corrected chi connectivity index (χ2v) is 2.45. The molecule has 0 atom stereocenters. The van der Waals surface area contributed by atoms with Crippen LogP contribution in [0.25, 0.3) is 0 Å². The van der Waals surface area contributed by atoms with E-state index in [0.717, 1.165) is 0 Å². The fourth-order valence-corrected chi connectivity index (χ4v) is 0.846. The van der Waals surface area contributed by atoms with Gasteiger partial charge in [0.05, 0.1) is 0 Å². The van der Waals surface area contributed by atoms with E-state index in [9.17, 15) is 0 Å². The Morgan fingerprint density at radius 3 is 2.50 bits per heavy atom. The number of hydrogen-bond donors (Lipinski definition) is 0. The van der Waals surface area contributed by atoms with E-state index in [-0.39, 0.29) is 0 Å². The summed E-state index contributed by atoms with van der Waals surface area (Å²) in [4.78, 5) is 0. The van der Waals surface area contributed by atoms with Crippen LogP contribution in [0, 0.1) is 6.42 Å². The molecule has 0 bridgehead atoms. The third-order valence-electron chi connectivity index (χ3n) is 1.39. The standard InChI is InChI=1S/C10H17/c1-4-6-7-9-10(3)8-5-2/h4-6,8H,7,9H2,1-3H3/b6-4+,10-8+. The summed E-state index contributed by atoms with van der Waals surface area (Å²) in [5.74, 6) is 0. The minimum Gasteiger partial charge on any atom is -0.0917 e. The SMILES string of the molecule is C[CH]/C=C(\C)CC/C=C/C. The highest BCUT2D eigenvalue weighted by atomic mass is 13.9. The lowest BCUT2D eigenvalue weighted by molar-refractivity contribution is 0.973. The first-order valence-corrected chi connectivity index (χ1v) is 3.87. The Labute approximate surface area is 64.6 Å². The van der Waals surface area contributed by atoms with E-state index in [1.165, 1.54) is 18.4 Å². The van der Waals surface area contributed by atoms with Crippen molar-refractivity contribution in [2.75, 3.05) is 0 Å². The zero-order valence-electron chi connectivity index (χ0n) is 7.22. The van der Waals surface area contributed by atoms with E-state index in [2.05, 4.69) is 45.4 Å². The predicted octanol–water partition coefficient (Wildman–Crippen LogP) is 3.51. The summed E-state index contributed by atoms with van der Waals surface area (Å²) in [7, 11) is 0. The van der Waals surface area contributed by atoms with Gasteiger partial charge in [0.2, 0.25) is 0 Å². The molecule has 0 rings (SSSR count). The van der Waals surface area contributed by atoms with Crippen molar-refractivity contribution in [3.8, 4) is 0 Å². The third kappa shape index (κ3) is 5.61. The van der Waals surface area contributed by atoms with Crippen molar-refractivity contribution in [1.82, 2.24) is 0 Å². The molecule has 0 heteroatoms. The lowest BCUT2D eigenvalue weighted by atomic mass is 10.1. The van der Waals surface area contributed by atoms with Crippen LogP contribution in [-0.4, -0.2) is 0 Å². The Morgan fingerprint density at radius 2 is 2.00 bits per heavy atom. The van der Waals surface area contributed by atoms with Gasteiger partial charge in [0.25, 0.3) is 0 Å². The molecular formula is C10H17. The minimum absolute atomic E-state index is 1.17. The summed E-state index contributed by atoms with van der Waals surface area (Å²) in [5.41, 5.74) is 1.46. The van der Waals surface area contributed by atoms with Crippen LogP contribution in [0.4, 0.5) is 0 Å². The lowest BCUT2D eigenvalue weighted by Gasteiger charge is -1.94. The van der Waals surface area contributed by atoms with Crippen LogP contribution in [0.5, 0.6) is 0 Å². The van der Waals surface area contributed by atoms with Crippen LogP contribution in [0.3, 0.4) is 0 Å². The largest absolute Gasteiger partial charge is 0.0917 e. The van der Waals surface area contributed by atoms with Crippen molar-refractivity contribution < 1.29 is 0 Å². The molecule has 0 aliphatic heterocycles. The van der Waals surface area contributed by atoms with Gasteiger partial charge in [-0.3, -0.25) is 0 Å². The first-order chi connectivity index (χ1) is 4.81. The molecule has 0 aliphatic rings. The molecule has 0 heterocycles. The third-order valence-corrected chi connectivity index (χ3v) is 1.39. The van der Waals surface area contributed by atoms with Gasteiger partial charge in [-0.25, -0.2) is 0 Å². The van der Waals surface area contributed by atoms with Crippen LogP contribution < -0.4 is 0 Å². The maximum Gasteiger partial charge on any atom is -0.0199 e. The highest BCUT2D eigenvalue weighted by Gasteiger charge is 1.84. The van der Waals surface area contributed by atoms with Crippen molar-refractivity contribution >= 4 is 0 Å². The number of allylic oxidation sites excluding steroid dienone is 4. The average Bonchev–Trinajstić information content (AvgIpc) is 1.89. The van der Waals surface area contributed by atoms with Crippen LogP contribution in [-0.2, 0) is 0 Å². The highest BCUT2D eigenvalue weighted by molar-refractivity contribution is 5.05. The van der Waals surface area contributed by atoms with Crippen LogP contribution in [0.15, 0.2) is 23.8 Å². The van der Waals surface area contributed by atoms with E-state index in [4.69, 9.17) is 0 Å². The van der Waals surface area contributed by atoms with E-state index >= 15 is 0 Å². The van der Waals surface area contributed by atoms with Gasteiger partial charge in [-0.05, 0) is 33.1 Å². The second-order valence-electron chi connectivity index (χ2n) is 2.45. The Balaban J connectivity index is 3.38. The summed E-state index contributed by atoms with van der Waals surface area (Å²) in [6.07, 6.45) is 10.9. The Morgan fingerprint density at radius 1 is 1.30 bits per heavy atom. The van der Waals surface area contributed by atoms with Crippen molar-refractivity contribution in [2.24, 2.45) is 0 Å². The summed E-state index contributed by atoms with van der Waals surface area (Å²) in [6, 6.07) is 0. The Bertz CT molecular complexity index is 118. The first-order valence-electron chi connectivity index (χ1n) is 3.87. The Kier molecular flexibility index (Phi) is 6.25. The molecule has 0 fully saturated rings. The van der Waals surface area contributed by atoms with E-state index in [0.29, 0.717) is 0 Å². The molecule has 0 aromatic carbocycles. The van der Waals surface area contributed by atoms with Gasteiger partial charge in [-0.2, -0.15) is 0 Å². The molecule has 0 nitrogen and oxygen atoms in total. The molecular weight excluding hydrogens is 120 g/mol. The van der Waals surface area contributed by atoms with Crippen molar-refractivity contribution in [1.29, 1.82) is 0 Å². The van der Waals surface area contributed by atoms with E-state index in [1.54, 1.807) is 0 Å². The normalized spacial score (nSPS) is 12.9. The summed E-state index contributed by atoms with van der Waals surface area (Å²) >= 11 is 0. The fourth-order valence-electron chi connectivity index (χ4n) is 0.846. The molecule has 1 radical (unpaired) electrons. The van der Waals surface area contributed by atoms with Crippen molar-refractivity contribution in [3.05, 3.63) is 30.2 Å². The van der Waals surface area contributed by atoms with Gasteiger partial charge >= 0.3 is 0 Å². The fraction of sp³-hybridized carbons (Fsp3) is 0.500. The quantitative estimate of drug-likeness (QED) is 0.520. The second kappa shape index (κ2) is 6.60. The predicted molar refractivity (Wildman–Crippen MR) is 47.8 cm³/mol.